The zero-order valence-electron chi connectivity index (χ0n) is 3.74. The third-order valence-electron chi connectivity index (χ3n) is 0.819. The Balaban J connectivity index is 2.45. The van der Waals surface area contributed by atoms with Crippen LogP contribution in [0.2, 0.25) is 0 Å². The van der Waals surface area contributed by atoms with Gasteiger partial charge in [-0.25, -0.2) is 0 Å². The third-order valence-corrected chi connectivity index (χ3v) is 1.96. The van der Waals surface area contributed by atoms with Gasteiger partial charge in [-0.1, -0.05) is 0 Å². The Hall–Kier alpha value is 0.0634. The summed E-state index contributed by atoms with van der Waals surface area (Å²) < 4.78 is 9.75. The van der Waals surface area contributed by atoms with Crippen molar-refractivity contribution in [1.29, 1.82) is 0 Å². The van der Waals surface area contributed by atoms with Crippen molar-refractivity contribution >= 4 is 0 Å². The predicted molar refractivity (Wildman–Crippen MR) is 24.1 cm³/mol. The van der Waals surface area contributed by atoms with E-state index in [0.717, 1.165) is 6.42 Å². The Kier molecular flexibility index (Phi) is 1.78. The Labute approximate surface area is 50.7 Å². The van der Waals surface area contributed by atoms with Crippen LogP contribution in [0, 0.1) is 0 Å². The quantitative estimate of drug-likeness (QED) is 0.597. The molecule has 0 aromatic carbocycles. The maximum absolute atomic E-state index is 8.55. The SMILES string of the molecule is [OH][Ru][C]1=CC=CC1. The van der Waals surface area contributed by atoms with Crippen LogP contribution in [-0.2, 0) is 17.5 Å². The van der Waals surface area contributed by atoms with Gasteiger partial charge in [-0.3, -0.25) is 0 Å². The summed E-state index contributed by atoms with van der Waals surface area (Å²) in [7, 11) is 0. The van der Waals surface area contributed by atoms with Gasteiger partial charge in [0.15, 0.2) is 0 Å². The van der Waals surface area contributed by atoms with Crippen molar-refractivity contribution in [3.05, 3.63) is 22.4 Å². The van der Waals surface area contributed by atoms with Crippen LogP contribution < -0.4 is 0 Å². The Morgan fingerprint density at radius 2 is 2.57 bits per heavy atom. The molecular formula is C5H6ORu. The second-order valence-corrected chi connectivity index (χ2v) is 2.81. The first-order chi connectivity index (χ1) is 3.43. The molecule has 0 aromatic heterocycles. The van der Waals surface area contributed by atoms with Crippen LogP contribution in [0.4, 0.5) is 0 Å². The van der Waals surface area contributed by atoms with Crippen LogP contribution in [0.5, 0.6) is 0 Å². The van der Waals surface area contributed by atoms with Gasteiger partial charge >= 0.3 is 50.2 Å². The molecule has 0 fully saturated rings. The molecule has 0 atom stereocenters. The van der Waals surface area contributed by atoms with E-state index in [-0.39, 0.29) is 0 Å². The average molecular weight is 183 g/mol. The summed E-state index contributed by atoms with van der Waals surface area (Å²) >= 11 is -0.450. The number of hydrogen-bond acceptors (Lipinski definition) is 1. The third kappa shape index (κ3) is 1.22. The molecule has 0 amide bonds. The normalized spacial score (nSPS) is 18.1. The van der Waals surface area contributed by atoms with Gasteiger partial charge in [-0.2, -0.15) is 0 Å². The van der Waals surface area contributed by atoms with Crippen LogP contribution >= 0.6 is 0 Å². The van der Waals surface area contributed by atoms with Crippen molar-refractivity contribution in [2.24, 2.45) is 0 Å². The van der Waals surface area contributed by atoms with Gasteiger partial charge in [0.25, 0.3) is 0 Å². The maximum atomic E-state index is 8.55. The van der Waals surface area contributed by atoms with Gasteiger partial charge in [0, 0.05) is 0 Å². The van der Waals surface area contributed by atoms with Crippen molar-refractivity contribution < 1.29 is 21.4 Å². The first-order valence-electron chi connectivity index (χ1n) is 2.05. The Morgan fingerprint density at radius 3 is 2.86 bits per heavy atom. The van der Waals surface area contributed by atoms with Crippen molar-refractivity contribution in [1.82, 2.24) is 0 Å². The van der Waals surface area contributed by atoms with E-state index in [1.807, 2.05) is 12.2 Å². The molecule has 0 bridgehead atoms. The molecule has 0 aliphatic heterocycles. The number of hydrogen-bond donors (Lipinski definition) is 1. The second kappa shape index (κ2) is 2.39. The molecule has 1 aliphatic rings. The van der Waals surface area contributed by atoms with Crippen molar-refractivity contribution in [2.75, 3.05) is 0 Å². The molecule has 1 rings (SSSR count). The van der Waals surface area contributed by atoms with E-state index in [1.54, 1.807) is 0 Å². The minimum absolute atomic E-state index is 0.450. The molecule has 0 unspecified atom stereocenters. The van der Waals surface area contributed by atoms with Crippen LogP contribution in [-0.4, -0.2) is 3.93 Å². The van der Waals surface area contributed by atoms with Gasteiger partial charge < -0.3 is 0 Å². The molecule has 0 saturated carbocycles. The van der Waals surface area contributed by atoms with Gasteiger partial charge in [0.1, 0.15) is 0 Å². The monoisotopic (exact) mass is 184 g/mol. The van der Waals surface area contributed by atoms with Crippen LogP contribution in [0.15, 0.2) is 22.4 Å². The standard InChI is InChI=1S/C5H5.H2O.Ru/c1-2-4-5-3-1;;/h1-3H,4H2;1H2;/q;;+1/p-1. The van der Waals surface area contributed by atoms with E-state index in [1.165, 1.54) is 4.17 Å². The molecule has 40 valence electrons. The average Bonchev–Trinajstić information content (AvgIpc) is 2.14. The molecule has 0 saturated heterocycles. The molecule has 0 aromatic rings. The van der Waals surface area contributed by atoms with E-state index in [9.17, 15) is 0 Å². The number of rotatable bonds is 1. The van der Waals surface area contributed by atoms with E-state index in [0.29, 0.717) is 0 Å². The molecule has 2 heteroatoms. The minimum atomic E-state index is -0.450. The van der Waals surface area contributed by atoms with Gasteiger partial charge in [0.05, 0.1) is 0 Å². The zero-order valence-corrected chi connectivity index (χ0v) is 5.48. The van der Waals surface area contributed by atoms with Crippen molar-refractivity contribution in [3.8, 4) is 0 Å². The van der Waals surface area contributed by atoms with E-state index < -0.39 is 17.5 Å². The summed E-state index contributed by atoms with van der Waals surface area (Å²) in [6, 6.07) is 0. The molecule has 1 nitrogen and oxygen atoms in total. The van der Waals surface area contributed by atoms with Crippen LogP contribution in [0.1, 0.15) is 6.42 Å². The molecule has 1 aliphatic carbocycles. The van der Waals surface area contributed by atoms with E-state index in [4.69, 9.17) is 3.93 Å². The topological polar surface area (TPSA) is 20.2 Å². The fourth-order valence-electron chi connectivity index (χ4n) is 0.475. The summed E-state index contributed by atoms with van der Waals surface area (Å²) in [6.45, 7) is 0. The first-order valence-corrected chi connectivity index (χ1v) is 3.70. The fraction of sp³-hybridized carbons (Fsp3) is 0.200. The summed E-state index contributed by atoms with van der Waals surface area (Å²) in [5.41, 5.74) is 0. The summed E-state index contributed by atoms with van der Waals surface area (Å²) in [5, 5.41) is 0. The molecule has 7 heavy (non-hydrogen) atoms. The van der Waals surface area contributed by atoms with Crippen molar-refractivity contribution in [2.45, 2.75) is 6.42 Å². The van der Waals surface area contributed by atoms with Crippen LogP contribution in [0.3, 0.4) is 0 Å². The molecule has 0 heterocycles. The summed E-state index contributed by atoms with van der Waals surface area (Å²) in [6.07, 6.45) is 7.01. The predicted octanol–water partition coefficient (Wildman–Crippen LogP) is 0.820. The second-order valence-electron chi connectivity index (χ2n) is 1.31. The fourth-order valence-corrected chi connectivity index (χ4v) is 1.13. The van der Waals surface area contributed by atoms with E-state index in [2.05, 4.69) is 6.08 Å². The molecule has 1 N–H and O–H groups in total. The first kappa shape index (κ1) is 5.20. The molecular weight excluding hydrogens is 177 g/mol. The summed E-state index contributed by atoms with van der Waals surface area (Å²) in [5.74, 6) is 0. The van der Waals surface area contributed by atoms with Gasteiger partial charge in [-0.05, 0) is 0 Å². The molecule has 0 radical (unpaired) electrons. The zero-order chi connectivity index (χ0) is 5.11. The van der Waals surface area contributed by atoms with E-state index >= 15 is 0 Å². The van der Waals surface area contributed by atoms with Gasteiger partial charge in [-0.15, -0.1) is 0 Å². The Morgan fingerprint density at radius 1 is 1.71 bits per heavy atom. The molecule has 0 spiro atoms. The number of allylic oxidation sites excluding steroid dienone is 4. The Bertz CT molecular complexity index is 115. The van der Waals surface area contributed by atoms with Crippen LogP contribution in [0.25, 0.3) is 0 Å². The van der Waals surface area contributed by atoms with Gasteiger partial charge in [0.2, 0.25) is 0 Å². The van der Waals surface area contributed by atoms with Crippen molar-refractivity contribution in [3.63, 3.8) is 0 Å². The summed E-state index contributed by atoms with van der Waals surface area (Å²) in [4.78, 5) is 0.